The SMILES string of the molecule is CC(=O)NCC(=O)N1CCC(C(C)O)CC1. The third kappa shape index (κ3) is 3.81. The Morgan fingerprint density at radius 3 is 2.44 bits per heavy atom. The van der Waals surface area contributed by atoms with E-state index in [1.54, 1.807) is 11.8 Å². The first kappa shape index (κ1) is 13.0. The molecule has 0 aliphatic carbocycles. The molecule has 0 aromatic carbocycles. The molecular weight excluding hydrogens is 208 g/mol. The van der Waals surface area contributed by atoms with Gasteiger partial charge in [-0.15, -0.1) is 0 Å². The molecule has 1 aliphatic heterocycles. The van der Waals surface area contributed by atoms with Crippen LogP contribution < -0.4 is 5.32 Å². The molecule has 5 nitrogen and oxygen atoms in total. The van der Waals surface area contributed by atoms with Crippen molar-refractivity contribution >= 4 is 11.8 Å². The molecule has 0 radical (unpaired) electrons. The zero-order chi connectivity index (χ0) is 12.1. The summed E-state index contributed by atoms with van der Waals surface area (Å²) in [6, 6.07) is 0. The Balaban J connectivity index is 2.30. The summed E-state index contributed by atoms with van der Waals surface area (Å²) in [5, 5.41) is 11.9. The molecule has 92 valence electrons. The van der Waals surface area contributed by atoms with E-state index in [4.69, 9.17) is 0 Å². The van der Waals surface area contributed by atoms with Crippen LogP contribution in [0.4, 0.5) is 0 Å². The molecule has 0 aromatic heterocycles. The molecule has 2 N–H and O–H groups in total. The highest BCUT2D eigenvalue weighted by Crippen LogP contribution is 2.20. The first-order valence-corrected chi connectivity index (χ1v) is 5.71. The lowest BCUT2D eigenvalue weighted by Crippen LogP contribution is -2.45. The summed E-state index contributed by atoms with van der Waals surface area (Å²) in [5.41, 5.74) is 0. The zero-order valence-corrected chi connectivity index (χ0v) is 9.90. The van der Waals surface area contributed by atoms with Crippen LogP contribution in [0.5, 0.6) is 0 Å². The van der Waals surface area contributed by atoms with Gasteiger partial charge >= 0.3 is 0 Å². The predicted octanol–water partition coefficient (Wildman–Crippen LogP) is -0.258. The molecule has 1 unspecified atom stereocenters. The van der Waals surface area contributed by atoms with Crippen molar-refractivity contribution in [1.29, 1.82) is 0 Å². The Bertz CT molecular complexity index is 258. The maximum atomic E-state index is 11.6. The Kier molecular flexibility index (Phi) is 4.73. The topological polar surface area (TPSA) is 69.6 Å². The second-order valence-electron chi connectivity index (χ2n) is 4.37. The second-order valence-corrected chi connectivity index (χ2v) is 4.37. The monoisotopic (exact) mass is 228 g/mol. The Morgan fingerprint density at radius 2 is 2.00 bits per heavy atom. The van der Waals surface area contributed by atoms with Gasteiger partial charge in [-0.1, -0.05) is 0 Å². The van der Waals surface area contributed by atoms with E-state index < -0.39 is 0 Å². The standard InChI is InChI=1S/C11H20N2O3/c1-8(14)10-3-5-13(6-4-10)11(16)7-12-9(2)15/h8,10,14H,3-7H2,1-2H3,(H,12,15). The third-order valence-electron chi connectivity index (χ3n) is 3.06. The van der Waals surface area contributed by atoms with Gasteiger partial charge in [0, 0.05) is 20.0 Å². The number of hydrogen-bond acceptors (Lipinski definition) is 3. The van der Waals surface area contributed by atoms with Gasteiger partial charge in [-0.2, -0.15) is 0 Å². The van der Waals surface area contributed by atoms with Crippen LogP contribution in [0, 0.1) is 5.92 Å². The van der Waals surface area contributed by atoms with Crippen LogP contribution in [0.1, 0.15) is 26.7 Å². The summed E-state index contributed by atoms with van der Waals surface area (Å²) in [6.07, 6.45) is 1.38. The molecule has 1 aliphatic rings. The molecule has 5 heteroatoms. The van der Waals surface area contributed by atoms with E-state index in [9.17, 15) is 14.7 Å². The third-order valence-corrected chi connectivity index (χ3v) is 3.06. The lowest BCUT2D eigenvalue weighted by atomic mass is 9.92. The molecular formula is C11H20N2O3. The first-order chi connectivity index (χ1) is 7.50. The van der Waals surface area contributed by atoms with E-state index in [2.05, 4.69) is 5.32 Å². The van der Waals surface area contributed by atoms with Crippen molar-refractivity contribution in [3.05, 3.63) is 0 Å². The summed E-state index contributed by atoms with van der Waals surface area (Å²) in [5.74, 6) is 0.0660. The Labute approximate surface area is 95.8 Å². The van der Waals surface area contributed by atoms with Crippen LogP contribution in [0.25, 0.3) is 0 Å². The van der Waals surface area contributed by atoms with Crippen molar-refractivity contribution in [2.24, 2.45) is 5.92 Å². The van der Waals surface area contributed by atoms with Gasteiger partial charge < -0.3 is 15.3 Å². The number of aliphatic hydroxyl groups excluding tert-OH is 1. The Hall–Kier alpha value is -1.10. The summed E-state index contributed by atoms with van der Waals surface area (Å²) in [4.78, 5) is 24.0. The van der Waals surface area contributed by atoms with Crippen molar-refractivity contribution in [3.63, 3.8) is 0 Å². The molecule has 1 atom stereocenters. The van der Waals surface area contributed by atoms with E-state index in [-0.39, 0.29) is 24.5 Å². The summed E-state index contributed by atoms with van der Waals surface area (Å²) in [6.45, 7) is 4.61. The second kappa shape index (κ2) is 5.84. The van der Waals surface area contributed by atoms with Gasteiger partial charge in [-0.3, -0.25) is 9.59 Å². The molecule has 16 heavy (non-hydrogen) atoms. The van der Waals surface area contributed by atoms with Gasteiger partial charge in [-0.25, -0.2) is 0 Å². The number of piperidine rings is 1. The lowest BCUT2D eigenvalue weighted by molar-refractivity contribution is -0.134. The Morgan fingerprint density at radius 1 is 1.44 bits per heavy atom. The molecule has 0 spiro atoms. The molecule has 2 amide bonds. The normalized spacial score (nSPS) is 19.3. The number of amides is 2. The van der Waals surface area contributed by atoms with Gasteiger partial charge in [0.05, 0.1) is 12.6 Å². The van der Waals surface area contributed by atoms with Gasteiger partial charge in [0.2, 0.25) is 11.8 Å². The van der Waals surface area contributed by atoms with Crippen LogP contribution >= 0.6 is 0 Å². The number of carbonyl (C=O) groups excluding carboxylic acids is 2. The molecule has 0 aromatic rings. The van der Waals surface area contributed by atoms with Crippen LogP contribution in [0.15, 0.2) is 0 Å². The number of hydrogen-bond donors (Lipinski definition) is 2. The maximum absolute atomic E-state index is 11.6. The van der Waals surface area contributed by atoms with Crippen molar-refractivity contribution in [3.8, 4) is 0 Å². The lowest BCUT2D eigenvalue weighted by Gasteiger charge is -2.33. The summed E-state index contributed by atoms with van der Waals surface area (Å²) < 4.78 is 0. The minimum Gasteiger partial charge on any atom is -0.393 e. The quantitative estimate of drug-likeness (QED) is 0.699. The van der Waals surface area contributed by atoms with Crippen molar-refractivity contribution in [1.82, 2.24) is 10.2 Å². The molecule has 1 heterocycles. The maximum Gasteiger partial charge on any atom is 0.241 e. The van der Waals surface area contributed by atoms with Crippen molar-refractivity contribution in [2.75, 3.05) is 19.6 Å². The summed E-state index contributed by atoms with van der Waals surface area (Å²) >= 11 is 0. The smallest absolute Gasteiger partial charge is 0.241 e. The number of nitrogens with zero attached hydrogens (tertiary/aromatic N) is 1. The highest BCUT2D eigenvalue weighted by molar-refractivity contribution is 5.83. The van der Waals surface area contributed by atoms with E-state index in [0.717, 1.165) is 12.8 Å². The highest BCUT2D eigenvalue weighted by Gasteiger charge is 2.25. The molecule has 1 fully saturated rings. The largest absolute Gasteiger partial charge is 0.393 e. The predicted molar refractivity (Wildman–Crippen MR) is 59.7 cm³/mol. The average Bonchev–Trinajstić information content (AvgIpc) is 2.26. The number of nitrogens with one attached hydrogen (secondary N) is 1. The van der Waals surface area contributed by atoms with E-state index >= 15 is 0 Å². The minimum atomic E-state index is -0.299. The first-order valence-electron chi connectivity index (χ1n) is 5.71. The van der Waals surface area contributed by atoms with E-state index in [0.29, 0.717) is 19.0 Å². The van der Waals surface area contributed by atoms with Gasteiger partial charge in [0.25, 0.3) is 0 Å². The zero-order valence-electron chi connectivity index (χ0n) is 9.90. The fourth-order valence-electron chi connectivity index (χ4n) is 1.94. The van der Waals surface area contributed by atoms with Crippen LogP contribution in [-0.2, 0) is 9.59 Å². The van der Waals surface area contributed by atoms with Crippen LogP contribution in [0.2, 0.25) is 0 Å². The number of aliphatic hydroxyl groups is 1. The fraction of sp³-hybridized carbons (Fsp3) is 0.818. The fourth-order valence-corrected chi connectivity index (χ4v) is 1.94. The van der Waals surface area contributed by atoms with Crippen LogP contribution in [0.3, 0.4) is 0 Å². The van der Waals surface area contributed by atoms with Gasteiger partial charge in [0.15, 0.2) is 0 Å². The van der Waals surface area contributed by atoms with E-state index in [1.807, 2.05) is 0 Å². The molecule has 1 rings (SSSR count). The summed E-state index contributed by atoms with van der Waals surface area (Å²) in [7, 11) is 0. The number of rotatable bonds is 3. The number of likely N-dealkylation sites (tertiary alicyclic amines) is 1. The van der Waals surface area contributed by atoms with Crippen molar-refractivity contribution < 1.29 is 14.7 Å². The number of carbonyl (C=O) groups is 2. The minimum absolute atomic E-state index is 0.0424. The molecule has 1 saturated heterocycles. The average molecular weight is 228 g/mol. The highest BCUT2D eigenvalue weighted by atomic mass is 16.3. The molecule has 0 bridgehead atoms. The van der Waals surface area contributed by atoms with Crippen LogP contribution in [-0.4, -0.2) is 47.6 Å². The molecule has 0 saturated carbocycles. The van der Waals surface area contributed by atoms with Gasteiger partial charge in [-0.05, 0) is 25.7 Å². The van der Waals surface area contributed by atoms with Gasteiger partial charge in [0.1, 0.15) is 0 Å². The van der Waals surface area contributed by atoms with E-state index in [1.165, 1.54) is 6.92 Å². The van der Waals surface area contributed by atoms with Crippen molar-refractivity contribution in [2.45, 2.75) is 32.8 Å².